The second-order valence-electron chi connectivity index (χ2n) is 4.04. The predicted octanol–water partition coefficient (Wildman–Crippen LogP) is 4.20. The molecule has 108 valence electrons. The van der Waals surface area contributed by atoms with Crippen molar-refractivity contribution in [3.63, 3.8) is 0 Å². The number of nitriles is 1. The first-order valence-corrected chi connectivity index (χ1v) is 6.14. The molecule has 0 saturated heterocycles. The Morgan fingerprint density at radius 3 is 2.52 bits per heavy atom. The number of rotatable bonds is 3. The van der Waals surface area contributed by atoms with Gasteiger partial charge in [-0.3, -0.25) is 0 Å². The standard InChI is InChI=1S/C14H8ClF3N2O/c15-11-4-2-1-3-10(11)8-21-13-9(7-19)5-6-12(20-13)14(16,17)18/h1-6H,8H2. The van der Waals surface area contributed by atoms with Gasteiger partial charge in [-0.15, -0.1) is 0 Å². The highest BCUT2D eigenvalue weighted by atomic mass is 35.5. The van der Waals surface area contributed by atoms with Crippen LogP contribution in [0.5, 0.6) is 5.88 Å². The molecule has 0 unspecified atom stereocenters. The number of nitrogens with zero attached hydrogens (tertiary/aromatic N) is 2. The molecule has 0 aliphatic rings. The molecule has 1 heterocycles. The topological polar surface area (TPSA) is 45.9 Å². The molecule has 0 N–H and O–H groups in total. The summed E-state index contributed by atoms with van der Waals surface area (Å²) in [4.78, 5) is 3.35. The Balaban J connectivity index is 2.27. The Bertz CT molecular complexity index is 695. The average Bonchev–Trinajstić information content (AvgIpc) is 2.45. The zero-order valence-electron chi connectivity index (χ0n) is 10.5. The summed E-state index contributed by atoms with van der Waals surface area (Å²) in [6.07, 6.45) is -4.60. The molecule has 2 aromatic rings. The smallest absolute Gasteiger partial charge is 0.433 e. The zero-order chi connectivity index (χ0) is 15.5. The molecule has 3 nitrogen and oxygen atoms in total. The number of halogens is 4. The summed E-state index contributed by atoms with van der Waals surface area (Å²) < 4.78 is 43.0. The maximum absolute atomic E-state index is 12.6. The molecule has 1 aromatic carbocycles. The lowest BCUT2D eigenvalue weighted by Crippen LogP contribution is -2.10. The Morgan fingerprint density at radius 1 is 1.19 bits per heavy atom. The van der Waals surface area contributed by atoms with Gasteiger partial charge in [0, 0.05) is 10.6 Å². The van der Waals surface area contributed by atoms with E-state index in [-0.39, 0.29) is 18.1 Å². The molecule has 0 fully saturated rings. The van der Waals surface area contributed by atoms with Crippen LogP contribution in [0.3, 0.4) is 0 Å². The van der Waals surface area contributed by atoms with Crippen LogP contribution in [0.15, 0.2) is 36.4 Å². The van der Waals surface area contributed by atoms with Gasteiger partial charge in [0.1, 0.15) is 23.9 Å². The van der Waals surface area contributed by atoms with E-state index in [1.807, 2.05) is 0 Å². The fourth-order valence-corrected chi connectivity index (χ4v) is 1.75. The largest absolute Gasteiger partial charge is 0.472 e. The predicted molar refractivity (Wildman–Crippen MR) is 69.7 cm³/mol. The van der Waals surface area contributed by atoms with Crippen molar-refractivity contribution in [3.05, 3.63) is 58.2 Å². The number of benzene rings is 1. The van der Waals surface area contributed by atoms with E-state index in [1.54, 1.807) is 30.3 Å². The highest BCUT2D eigenvalue weighted by molar-refractivity contribution is 6.31. The number of pyridine rings is 1. The van der Waals surface area contributed by atoms with Gasteiger partial charge in [-0.1, -0.05) is 29.8 Å². The van der Waals surface area contributed by atoms with Crippen molar-refractivity contribution in [2.24, 2.45) is 0 Å². The van der Waals surface area contributed by atoms with Crippen molar-refractivity contribution >= 4 is 11.6 Å². The van der Waals surface area contributed by atoms with Gasteiger partial charge >= 0.3 is 6.18 Å². The minimum atomic E-state index is -4.60. The monoisotopic (exact) mass is 312 g/mol. The Kier molecular flexibility index (Phi) is 4.34. The van der Waals surface area contributed by atoms with Crippen LogP contribution in [-0.2, 0) is 12.8 Å². The molecule has 0 saturated carbocycles. The minimum Gasteiger partial charge on any atom is -0.472 e. The van der Waals surface area contributed by atoms with Crippen molar-refractivity contribution in [2.45, 2.75) is 12.8 Å². The average molecular weight is 313 g/mol. The van der Waals surface area contributed by atoms with Gasteiger partial charge in [-0.05, 0) is 18.2 Å². The number of ether oxygens (including phenoxy) is 1. The first-order valence-electron chi connectivity index (χ1n) is 5.76. The van der Waals surface area contributed by atoms with Crippen LogP contribution in [0, 0.1) is 11.3 Å². The van der Waals surface area contributed by atoms with Gasteiger partial charge in [0.15, 0.2) is 0 Å². The first-order chi connectivity index (χ1) is 9.91. The SMILES string of the molecule is N#Cc1ccc(C(F)(F)F)nc1OCc1ccccc1Cl. The molecule has 0 atom stereocenters. The summed E-state index contributed by atoms with van der Waals surface area (Å²) in [5.41, 5.74) is -0.604. The minimum absolute atomic E-state index is 0.0740. The van der Waals surface area contributed by atoms with Crippen LogP contribution in [0.25, 0.3) is 0 Å². The molecule has 0 aliphatic heterocycles. The van der Waals surface area contributed by atoms with E-state index in [9.17, 15) is 13.2 Å². The molecule has 0 bridgehead atoms. The molecular weight excluding hydrogens is 305 g/mol. The maximum Gasteiger partial charge on any atom is 0.433 e. The van der Waals surface area contributed by atoms with Gasteiger partial charge in [0.25, 0.3) is 0 Å². The highest BCUT2D eigenvalue weighted by Gasteiger charge is 2.33. The van der Waals surface area contributed by atoms with Crippen LogP contribution in [0.4, 0.5) is 13.2 Å². The molecule has 0 aliphatic carbocycles. The molecular formula is C14H8ClF3N2O. The Morgan fingerprint density at radius 2 is 1.90 bits per heavy atom. The van der Waals surface area contributed by atoms with E-state index in [1.165, 1.54) is 0 Å². The summed E-state index contributed by atoms with van der Waals surface area (Å²) in [6.45, 7) is -0.0807. The lowest BCUT2D eigenvalue weighted by molar-refractivity contribution is -0.141. The molecule has 0 amide bonds. The van der Waals surface area contributed by atoms with Gasteiger partial charge in [0.05, 0.1) is 0 Å². The van der Waals surface area contributed by atoms with Gasteiger partial charge in [0.2, 0.25) is 5.88 Å². The zero-order valence-corrected chi connectivity index (χ0v) is 11.2. The van der Waals surface area contributed by atoms with Crippen molar-refractivity contribution in [1.29, 1.82) is 5.26 Å². The second kappa shape index (κ2) is 6.02. The number of hydrogen-bond acceptors (Lipinski definition) is 3. The fraction of sp³-hybridized carbons (Fsp3) is 0.143. The molecule has 1 aromatic heterocycles. The number of aromatic nitrogens is 1. The molecule has 7 heteroatoms. The van der Waals surface area contributed by atoms with E-state index in [4.69, 9.17) is 21.6 Å². The molecule has 2 rings (SSSR count). The lowest BCUT2D eigenvalue weighted by Gasteiger charge is -2.11. The van der Waals surface area contributed by atoms with Crippen LogP contribution in [-0.4, -0.2) is 4.98 Å². The third kappa shape index (κ3) is 3.64. The van der Waals surface area contributed by atoms with E-state index in [0.29, 0.717) is 10.6 Å². The Hall–Kier alpha value is -2.26. The third-order valence-electron chi connectivity index (χ3n) is 2.59. The van der Waals surface area contributed by atoms with E-state index < -0.39 is 11.9 Å². The number of alkyl halides is 3. The van der Waals surface area contributed by atoms with Gasteiger partial charge in [-0.2, -0.15) is 18.4 Å². The van der Waals surface area contributed by atoms with E-state index in [0.717, 1.165) is 12.1 Å². The summed E-state index contributed by atoms with van der Waals surface area (Å²) in [6, 6.07) is 10.2. The van der Waals surface area contributed by atoms with Crippen LogP contribution >= 0.6 is 11.6 Å². The van der Waals surface area contributed by atoms with Crippen LogP contribution in [0.2, 0.25) is 5.02 Å². The summed E-state index contributed by atoms with van der Waals surface area (Å²) in [5.74, 6) is -0.368. The van der Waals surface area contributed by atoms with Crippen molar-refractivity contribution in [3.8, 4) is 11.9 Å². The van der Waals surface area contributed by atoms with Crippen LogP contribution in [0.1, 0.15) is 16.8 Å². The maximum atomic E-state index is 12.6. The fourth-order valence-electron chi connectivity index (χ4n) is 1.56. The van der Waals surface area contributed by atoms with Crippen molar-refractivity contribution in [2.75, 3.05) is 0 Å². The Labute approximate surface area is 123 Å². The molecule has 21 heavy (non-hydrogen) atoms. The first kappa shape index (κ1) is 15.1. The second-order valence-corrected chi connectivity index (χ2v) is 4.45. The van der Waals surface area contributed by atoms with Crippen molar-refractivity contribution < 1.29 is 17.9 Å². The summed E-state index contributed by atoms with van der Waals surface area (Å²) in [7, 11) is 0. The normalized spacial score (nSPS) is 11.0. The molecule has 0 spiro atoms. The number of hydrogen-bond donors (Lipinski definition) is 0. The highest BCUT2D eigenvalue weighted by Crippen LogP contribution is 2.30. The summed E-state index contributed by atoms with van der Waals surface area (Å²) in [5, 5.41) is 9.31. The lowest BCUT2D eigenvalue weighted by atomic mass is 10.2. The quantitative estimate of drug-likeness (QED) is 0.853. The van der Waals surface area contributed by atoms with Crippen LogP contribution < -0.4 is 4.74 Å². The summed E-state index contributed by atoms with van der Waals surface area (Å²) >= 11 is 5.92. The van der Waals surface area contributed by atoms with Gasteiger partial charge < -0.3 is 4.74 Å². The van der Waals surface area contributed by atoms with E-state index >= 15 is 0 Å². The molecule has 0 radical (unpaired) electrons. The van der Waals surface area contributed by atoms with E-state index in [2.05, 4.69) is 4.98 Å². The third-order valence-corrected chi connectivity index (χ3v) is 2.96. The van der Waals surface area contributed by atoms with Gasteiger partial charge in [-0.25, -0.2) is 4.98 Å². The van der Waals surface area contributed by atoms with Crippen molar-refractivity contribution in [1.82, 2.24) is 4.98 Å².